The molecule has 0 saturated carbocycles. The van der Waals surface area contributed by atoms with Crippen molar-refractivity contribution in [2.45, 2.75) is 6.54 Å². The summed E-state index contributed by atoms with van der Waals surface area (Å²) in [6.07, 6.45) is 10.9. The zero-order chi connectivity index (χ0) is 18.9. The van der Waals surface area contributed by atoms with Gasteiger partial charge in [-0.25, -0.2) is 4.98 Å². The van der Waals surface area contributed by atoms with E-state index in [4.69, 9.17) is 4.42 Å². The molecule has 28 heavy (non-hydrogen) atoms. The van der Waals surface area contributed by atoms with Gasteiger partial charge in [-0.3, -0.25) is 9.67 Å². The van der Waals surface area contributed by atoms with Gasteiger partial charge in [0.15, 0.2) is 0 Å². The van der Waals surface area contributed by atoms with Crippen molar-refractivity contribution in [3.05, 3.63) is 60.9 Å². The molecule has 0 radical (unpaired) electrons. The molecule has 0 aliphatic heterocycles. The van der Waals surface area contributed by atoms with E-state index in [1.165, 1.54) is 0 Å². The van der Waals surface area contributed by atoms with Crippen LogP contribution in [0.2, 0.25) is 0 Å². The van der Waals surface area contributed by atoms with Crippen LogP contribution in [0.25, 0.3) is 33.6 Å². The van der Waals surface area contributed by atoms with Crippen LogP contribution in [0.4, 0.5) is 6.01 Å². The summed E-state index contributed by atoms with van der Waals surface area (Å²) in [6.45, 7) is 0.552. The zero-order valence-electron chi connectivity index (χ0n) is 15.0. The van der Waals surface area contributed by atoms with Gasteiger partial charge < -0.3 is 14.7 Å². The van der Waals surface area contributed by atoms with E-state index >= 15 is 0 Å². The second-order valence-corrected chi connectivity index (χ2v) is 6.35. The third-order valence-corrected chi connectivity index (χ3v) is 4.39. The molecule has 138 valence electrons. The van der Waals surface area contributed by atoms with Gasteiger partial charge in [-0.15, -0.1) is 5.10 Å². The number of nitrogens with zero attached hydrogens (tertiary/aromatic N) is 6. The van der Waals surface area contributed by atoms with E-state index in [-0.39, 0.29) is 0 Å². The summed E-state index contributed by atoms with van der Waals surface area (Å²) in [5, 5.41) is 16.5. The van der Waals surface area contributed by atoms with Crippen LogP contribution in [0.15, 0.2) is 59.8 Å². The minimum Gasteiger partial charge on any atom is -0.403 e. The number of nitrogens with one attached hydrogen (secondary N) is 2. The zero-order valence-corrected chi connectivity index (χ0v) is 15.0. The Morgan fingerprint density at radius 2 is 2.14 bits per heavy atom. The van der Waals surface area contributed by atoms with Crippen molar-refractivity contribution < 1.29 is 4.42 Å². The maximum atomic E-state index is 5.79. The van der Waals surface area contributed by atoms with Crippen LogP contribution in [0, 0.1) is 0 Å². The average molecular weight is 372 g/mol. The van der Waals surface area contributed by atoms with Gasteiger partial charge in [0.1, 0.15) is 5.65 Å². The fourth-order valence-corrected chi connectivity index (χ4v) is 2.99. The summed E-state index contributed by atoms with van der Waals surface area (Å²) in [4.78, 5) is 11.7. The van der Waals surface area contributed by atoms with E-state index in [0.29, 0.717) is 18.5 Å². The molecule has 0 saturated heterocycles. The number of H-pyrrole nitrogens is 1. The SMILES string of the molecule is Cn1cc(-c2cnc3[nH]cc(-c4nnc(NCc5cccnc5)o4)c3c2)cn1. The van der Waals surface area contributed by atoms with Crippen molar-refractivity contribution in [1.29, 1.82) is 0 Å². The molecule has 0 aliphatic rings. The average Bonchev–Trinajstić information content (AvgIpc) is 3.46. The van der Waals surface area contributed by atoms with Crippen LogP contribution >= 0.6 is 0 Å². The number of aromatic amines is 1. The molecule has 0 aromatic carbocycles. The van der Waals surface area contributed by atoms with Crippen molar-refractivity contribution in [2.75, 3.05) is 5.32 Å². The Hall–Kier alpha value is -4.01. The predicted octanol–water partition coefficient (Wildman–Crippen LogP) is 3.02. The second-order valence-electron chi connectivity index (χ2n) is 6.35. The Morgan fingerprint density at radius 3 is 2.96 bits per heavy atom. The number of hydrogen-bond acceptors (Lipinski definition) is 7. The Balaban J connectivity index is 1.44. The molecule has 9 nitrogen and oxygen atoms in total. The van der Waals surface area contributed by atoms with Gasteiger partial charge in [0.05, 0.1) is 11.8 Å². The highest BCUT2D eigenvalue weighted by Gasteiger charge is 2.15. The van der Waals surface area contributed by atoms with Gasteiger partial charge >= 0.3 is 6.01 Å². The maximum absolute atomic E-state index is 5.79. The Morgan fingerprint density at radius 1 is 1.18 bits per heavy atom. The Bertz CT molecular complexity index is 1240. The minimum atomic E-state index is 0.351. The Kier molecular flexibility index (Phi) is 3.82. The van der Waals surface area contributed by atoms with Crippen molar-refractivity contribution in [3.8, 4) is 22.6 Å². The highest BCUT2D eigenvalue weighted by Crippen LogP contribution is 2.30. The fraction of sp³-hybridized carbons (Fsp3) is 0.105. The number of aromatic nitrogens is 7. The van der Waals surface area contributed by atoms with Crippen molar-refractivity contribution >= 4 is 17.0 Å². The van der Waals surface area contributed by atoms with Crippen LogP contribution in [0.5, 0.6) is 0 Å². The maximum Gasteiger partial charge on any atom is 0.316 e. The van der Waals surface area contributed by atoms with E-state index in [0.717, 1.165) is 33.3 Å². The lowest BCUT2D eigenvalue weighted by atomic mass is 10.1. The molecule has 0 bridgehead atoms. The molecule has 0 amide bonds. The number of aryl methyl sites for hydroxylation is 1. The highest BCUT2D eigenvalue weighted by molar-refractivity contribution is 5.93. The van der Waals surface area contributed by atoms with Crippen LogP contribution in [0.3, 0.4) is 0 Å². The molecular weight excluding hydrogens is 356 g/mol. The van der Waals surface area contributed by atoms with Gasteiger partial charge in [0.2, 0.25) is 0 Å². The lowest BCUT2D eigenvalue weighted by Crippen LogP contribution is -1.99. The summed E-state index contributed by atoms with van der Waals surface area (Å²) in [6, 6.07) is 6.25. The van der Waals surface area contributed by atoms with Gasteiger partial charge in [-0.2, -0.15) is 5.10 Å². The molecule has 0 spiro atoms. The predicted molar refractivity (Wildman–Crippen MR) is 103 cm³/mol. The van der Waals surface area contributed by atoms with Crippen molar-refractivity contribution in [3.63, 3.8) is 0 Å². The molecule has 9 heteroatoms. The van der Waals surface area contributed by atoms with Crippen LogP contribution in [0.1, 0.15) is 5.56 Å². The summed E-state index contributed by atoms with van der Waals surface area (Å²) in [7, 11) is 1.88. The lowest BCUT2D eigenvalue weighted by Gasteiger charge is -2.00. The van der Waals surface area contributed by atoms with Gasteiger partial charge in [-0.1, -0.05) is 11.2 Å². The first-order chi connectivity index (χ1) is 13.8. The number of hydrogen-bond donors (Lipinski definition) is 2. The van der Waals surface area contributed by atoms with Gasteiger partial charge in [-0.05, 0) is 17.7 Å². The number of fused-ring (bicyclic) bond motifs is 1. The van der Waals surface area contributed by atoms with E-state index in [2.05, 4.69) is 35.6 Å². The normalized spacial score (nSPS) is 11.2. The first-order valence-corrected chi connectivity index (χ1v) is 8.69. The molecule has 2 N–H and O–H groups in total. The molecular formula is C19H16N8O. The van der Waals surface area contributed by atoms with Gasteiger partial charge in [0, 0.05) is 61.1 Å². The summed E-state index contributed by atoms with van der Waals surface area (Å²) >= 11 is 0. The smallest absolute Gasteiger partial charge is 0.316 e. The number of pyridine rings is 2. The molecule has 5 aromatic rings. The number of rotatable bonds is 5. The summed E-state index contributed by atoms with van der Waals surface area (Å²) in [5.74, 6) is 0.421. The van der Waals surface area contributed by atoms with E-state index in [9.17, 15) is 0 Å². The first kappa shape index (κ1) is 16.2. The van der Waals surface area contributed by atoms with E-state index in [1.807, 2.05) is 50.0 Å². The Labute approximate surface area is 159 Å². The quantitative estimate of drug-likeness (QED) is 0.488. The highest BCUT2D eigenvalue weighted by atomic mass is 16.4. The van der Waals surface area contributed by atoms with Crippen LogP contribution in [-0.2, 0) is 13.6 Å². The summed E-state index contributed by atoms with van der Waals surface area (Å²) in [5.41, 5.74) is 4.55. The lowest BCUT2D eigenvalue weighted by molar-refractivity contribution is 0.581. The summed E-state index contributed by atoms with van der Waals surface area (Å²) < 4.78 is 7.55. The standard InChI is InChI=1S/C19H16N8O/c1-27-11-14(9-24-27)13-5-15-16(10-22-17(15)21-8-13)18-25-26-19(28-18)23-7-12-3-2-4-20-6-12/h2-6,8-11H,7H2,1H3,(H,21,22)(H,23,26). The monoisotopic (exact) mass is 372 g/mol. The third kappa shape index (κ3) is 2.98. The third-order valence-electron chi connectivity index (χ3n) is 4.39. The molecule has 0 unspecified atom stereocenters. The van der Waals surface area contributed by atoms with E-state index < -0.39 is 0 Å². The first-order valence-electron chi connectivity index (χ1n) is 8.69. The molecule has 5 heterocycles. The minimum absolute atomic E-state index is 0.351. The van der Waals surface area contributed by atoms with Gasteiger partial charge in [0.25, 0.3) is 5.89 Å². The van der Waals surface area contributed by atoms with Crippen molar-refractivity contribution in [2.24, 2.45) is 7.05 Å². The van der Waals surface area contributed by atoms with E-state index in [1.54, 1.807) is 17.1 Å². The topological polar surface area (TPSA) is 110 Å². The molecule has 0 fully saturated rings. The largest absolute Gasteiger partial charge is 0.403 e. The van der Waals surface area contributed by atoms with Crippen molar-refractivity contribution in [1.82, 2.24) is 34.9 Å². The molecule has 0 atom stereocenters. The molecule has 5 rings (SSSR count). The fourth-order valence-electron chi connectivity index (χ4n) is 2.99. The molecule has 5 aromatic heterocycles. The van der Waals surface area contributed by atoms with Crippen LogP contribution < -0.4 is 5.32 Å². The second kappa shape index (κ2) is 6.62. The number of anilines is 1. The molecule has 0 aliphatic carbocycles. The van der Waals surface area contributed by atoms with Crippen LogP contribution in [-0.4, -0.2) is 34.9 Å².